The Bertz CT molecular complexity index is 1260. The number of rotatable bonds is 7. The lowest BCUT2D eigenvalue weighted by Crippen LogP contribution is -2.38. The van der Waals surface area contributed by atoms with Crippen molar-refractivity contribution in [3.8, 4) is 0 Å². The first kappa shape index (κ1) is 22.3. The molecule has 6 heteroatoms. The number of fused-ring (bicyclic) bond motifs is 1. The van der Waals surface area contributed by atoms with Gasteiger partial charge in [-0.3, -0.25) is 4.68 Å². The number of aliphatic carboxylic acids is 1. The highest BCUT2D eigenvalue weighted by molar-refractivity contribution is 6.02. The van der Waals surface area contributed by atoms with Crippen LogP contribution in [0.5, 0.6) is 0 Å². The maximum Gasteiger partial charge on any atom is 0.331 e. The van der Waals surface area contributed by atoms with E-state index in [1.807, 2.05) is 29.1 Å². The van der Waals surface area contributed by atoms with Gasteiger partial charge < -0.3 is 9.94 Å². The lowest BCUT2D eigenvalue weighted by molar-refractivity contribution is -0.131. The van der Waals surface area contributed by atoms with Crippen LogP contribution in [-0.2, 0) is 21.6 Å². The van der Waals surface area contributed by atoms with Gasteiger partial charge in [0.1, 0.15) is 11.8 Å². The second kappa shape index (κ2) is 9.81. The molecule has 174 valence electrons. The van der Waals surface area contributed by atoms with Crippen LogP contribution in [0.3, 0.4) is 0 Å². The number of carbonyl (C=O) groups is 1. The SMILES string of the molecule is O=C(O)C=CO/N=C1\CCCc2nn(C(c3ccccc3)(c3ccccc3)c3ccccc3)cc21. The predicted octanol–water partition coefficient (Wildman–Crippen LogP) is 5.38. The zero-order valence-corrected chi connectivity index (χ0v) is 19.1. The number of hydrogen-bond acceptors (Lipinski definition) is 4. The fourth-order valence-electron chi connectivity index (χ4n) is 4.78. The Morgan fingerprint density at radius 2 is 1.43 bits per heavy atom. The van der Waals surface area contributed by atoms with Gasteiger partial charge in [0.2, 0.25) is 0 Å². The van der Waals surface area contributed by atoms with Crippen molar-refractivity contribution in [2.24, 2.45) is 5.16 Å². The topological polar surface area (TPSA) is 76.7 Å². The van der Waals surface area contributed by atoms with Gasteiger partial charge in [-0.2, -0.15) is 5.10 Å². The van der Waals surface area contributed by atoms with Crippen molar-refractivity contribution in [3.05, 3.63) is 137 Å². The van der Waals surface area contributed by atoms with E-state index in [9.17, 15) is 4.79 Å². The van der Waals surface area contributed by atoms with Crippen molar-refractivity contribution in [2.75, 3.05) is 0 Å². The van der Waals surface area contributed by atoms with E-state index < -0.39 is 11.5 Å². The molecule has 1 N–H and O–H groups in total. The standard InChI is InChI=1S/C29H25N3O3/c33-28(34)19-20-35-31-27-18-10-17-26-25(27)21-32(30-26)29(22-11-4-1-5-12-22,23-13-6-2-7-14-23)24-15-8-3-9-16-24/h1-9,11-16,19-21H,10,17-18H2,(H,33,34)/b20-19?,31-27+. The summed E-state index contributed by atoms with van der Waals surface area (Å²) < 4.78 is 2.05. The molecule has 0 atom stereocenters. The zero-order valence-electron chi connectivity index (χ0n) is 19.1. The molecule has 0 amide bonds. The monoisotopic (exact) mass is 463 g/mol. The second-order valence-corrected chi connectivity index (χ2v) is 8.38. The van der Waals surface area contributed by atoms with E-state index in [2.05, 4.69) is 78.0 Å². The molecule has 35 heavy (non-hydrogen) atoms. The Balaban J connectivity index is 1.72. The number of carboxylic acids is 1. The molecule has 5 rings (SSSR count). The minimum atomic E-state index is -1.08. The number of carboxylic acid groups (broad SMARTS) is 1. The number of aromatic nitrogens is 2. The summed E-state index contributed by atoms with van der Waals surface area (Å²) in [5.41, 5.74) is 5.22. The fraction of sp³-hybridized carbons (Fsp3) is 0.138. The molecule has 0 unspecified atom stereocenters. The Kier molecular flexibility index (Phi) is 6.26. The number of nitrogens with zero attached hydrogens (tertiary/aromatic N) is 3. The van der Waals surface area contributed by atoms with Gasteiger partial charge in [-0.05, 0) is 36.0 Å². The Hall–Kier alpha value is -4.45. The van der Waals surface area contributed by atoms with Crippen molar-refractivity contribution in [1.29, 1.82) is 0 Å². The van der Waals surface area contributed by atoms with Crippen molar-refractivity contribution >= 4 is 11.7 Å². The van der Waals surface area contributed by atoms with Gasteiger partial charge in [-0.25, -0.2) is 4.79 Å². The molecular formula is C29H25N3O3. The molecule has 1 aliphatic carbocycles. The van der Waals surface area contributed by atoms with Gasteiger partial charge in [-0.15, -0.1) is 0 Å². The van der Waals surface area contributed by atoms with E-state index in [-0.39, 0.29) is 0 Å². The summed E-state index contributed by atoms with van der Waals surface area (Å²) in [5, 5.41) is 18.1. The van der Waals surface area contributed by atoms with Gasteiger partial charge in [-0.1, -0.05) is 96.2 Å². The molecule has 1 aliphatic rings. The third kappa shape index (κ3) is 4.26. The summed E-state index contributed by atoms with van der Waals surface area (Å²) in [5.74, 6) is -1.08. The van der Waals surface area contributed by atoms with E-state index in [1.165, 1.54) is 0 Å². The van der Waals surface area contributed by atoms with Gasteiger partial charge in [0, 0.05) is 11.8 Å². The Labute approximate surface area is 203 Å². The largest absolute Gasteiger partial charge is 0.478 e. The first-order valence-corrected chi connectivity index (χ1v) is 11.6. The average Bonchev–Trinajstić information content (AvgIpc) is 3.34. The zero-order chi connectivity index (χ0) is 24.1. The molecular weight excluding hydrogens is 438 g/mol. The van der Waals surface area contributed by atoms with Crippen LogP contribution in [0.1, 0.15) is 40.8 Å². The highest BCUT2D eigenvalue weighted by atomic mass is 16.6. The van der Waals surface area contributed by atoms with Crippen LogP contribution in [0, 0.1) is 0 Å². The Morgan fingerprint density at radius 3 is 1.94 bits per heavy atom. The number of oxime groups is 1. The third-order valence-corrected chi connectivity index (χ3v) is 6.28. The molecule has 3 aromatic carbocycles. The third-order valence-electron chi connectivity index (χ3n) is 6.28. The normalized spacial score (nSPS) is 14.7. The van der Waals surface area contributed by atoms with Crippen LogP contribution in [0.4, 0.5) is 0 Å². The van der Waals surface area contributed by atoms with Gasteiger partial charge >= 0.3 is 5.97 Å². The first-order valence-electron chi connectivity index (χ1n) is 11.6. The van der Waals surface area contributed by atoms with Crippen LogP contribution < -0.4 is 0 Å². The Morgan fingerprint density at radius 1 is 0.886 bits per heavy atom. The quantitative estimate of drug-likeness (QED) is 0.173. The molecule has 0 bridgehead atoms. The minimum absolute atomic E-state index is 0.698. The highest BCUT2D eigenvalue weighted by Crippen LogP contribution is 2.41. The molecule has 1 aromatic heterocycles. The maximum absolute atomic E-state index is 10.7. The van der Waals surface area contributed by atoms with Gasteiger partial charge in [0.25, 0.3) is 0 Å². The minimum Gasteiger partial charge on any atom is -0.478 e. The molecule has 4 aromatic rings. The van der Waals surface area contributed by atoms with E-state index in [0.717, 1.165) is 65.3 Å². The van der Waals surface area contributed by atoms with E-state index >= 15 is 0 Å². The highest BCUT2D eigenvalue weighted by Gasteiger charge is 2.40. The van der Waals surface area contributed by atoms with Crippen LogP contribution in [0.25, 0.3) is 0 Å². The first-order chi connectivity index (χ1) is 17.2. The van der Waals surface area contributed by atoms with Crippen molar-refractivity contribution in [2.45, 2.75) is 24.8 Å². The van der Waals surface area contributed by atoms with Gasteiger partial charge in [0.05, 0.1) is 17.5 Å². The van der Waals surface area contributed by atoms with Crippen LogP contribution in [-0.4, -0.2) is 26.6 Å². The second-order valence-electron chi connectivity index (χ2n) is 8.38. The maximum atomic E-state index is 10.7. The van der Waals surface area contributed by atoms with Crippen LogP contribution >= 0.6 is 0 Å². The summed E-state index contributed by atoms with van der Waals surface area (Å²) in [6.07, 6.45) is 6.50. The molecule has 0 aliphatic heterocycles. The molecule has 1 heterocycles. The summed E-state index contributed by atoms with van der Waals surface area (Å²) >= 11 is 0. The number of benzene rings is 3. The van der Waals surface area contributed by atoms with Crippen molar-refractivity contribution in [3.63, 3.8) is 0 Å². The molecule has 0 fully saturated rings. The summed E-state index contributed by atoms with van der Waals surface area (Å²) in [4.78, 5) is 15.9. The fourth-order valence-corrected chi connectivity index (χ4v) is 4.78. The number of aryl methyl sites for hydroxylation is 1. The molecule has 6 nitrogen and oxygen atoms in total. The lowest BCUT2D eigenvalue weighted by atomic mass is 9.77. The lowest BCUT2D eigenvalue weighted by Gasteiger charge is -2.36. The number of hydrogen-bond donors (Lipinski definition) is 1. The van der Waals surface area contributed by atoms with Crippen LogP contribution in [0.2, 0.25) is 0 Å². The molecule has 0 radical (unpaired) electrons. The summed E-state index contributed by atoms with van der Waals surface area (Å²) in [6, 6.07) is 31.2. The van der Waals surface area contributed by atoms with E-state index in [1.54, 1.807) is 0 Å². The predicted molar refractivity (Wildman–Crippen MR) is 134 cm³/mol. The smallest absolute Gasteiger partial charge is 0.331 e. The van der Waals surface area contributed by atoms with Crippen molar-refractivity contribution in [1.82, 2.24) is 9.78 Å². The average molecular weight is 464 g/mol. The van der Waals surface area contributed by atoms with Crippen molar-refractivity contribution < 1.29 is 14.7 Å². The molecule has 0 saturated heterocycles. The van der Waals surface area contributed by atoms with Gasteiger partial charge in [0.15, 0.2) is 0 Å². The van der Waals surface area contributed by atoms with E-state index in [0.29, 0.717) is 0 Å². The molecule has 0 spiro atoms. The van der Waals surface area contributed by atoms with Crippen LogP contribution in [0.15, 0.2) is 115 Å². The molecule has 0 saturated carbocycles. The van der Waals surface area contributed by atoms with E-state index in [4.69, 9.17) is 15.0 Å². The summed E-state index contributed by atoms with van der Waals surface area (Å²) in [7, 11) is 0. The summed E-state index contributed by atoms with van der Waals surface area (Å²) in [6.45, 7) is 0.